The fourth-order valence-corrected chi connectivity index (χ4v) is 8.75. The highest BCUT2D eigenvalue weighted by Gasteiger charge is 2.47. The number of fused-ring (bicyclic) bond motifs is 1. The molecule has 7 aromatic rings. The van der Waals surface area contributed by atoms with E-state index in [1.54, 1.807) is 48.7 Å². The molecule has 0 fully saturated rings. The molecule has 6 nitrogen and oxygen atoms in total. The Kier molecular flexibility index (Phi) is 17.3. The number of carbonyl (C=O) groups excluding carboxylic acids is 2. The highest BCUT2D eigenvalue weighted by molar-refractivity contribution is 7.20. The Balaban J connectivity index is 0.000000352. The second-order valence-corrected chi connectivity index (χ2v) is 17.9. The van der Waals surface area contributed by atoms with Crippen molar-refractivity contribution >= 4 is 56.5 Å². The molecule has 7 rings (SSSR count). The molecule has 0 atom stereocenters. The molecule has 1 N–H and O–H groups in total. The lowest BCUT2D eigenvalue weighted by atomic mass is 9.12. The molecule has 0 spiro atoms. The number of halogens is 24. The van der Waals surface area contributed by atoms with E-state index >= 15 is 0 Å². The minimum absolute atomic E-state index is 0.0631. The number of pyridine rings is 1. The van der Waals surface area contributed by atoms with Gasteiger partial charge in [0.05, 0.1) is 49.9 Å². The lowest BCUT2D eigenvalue weighted by Crippen LogP contribution is -2.75. The summed E-state index contributed by atoms with van der Waals surface area (Å²) in [7, 11) is 0. The smallest absolute Gasteiger partial charge is 0.416 e. The quantitative estimate of drug-likeness (QED) is 0.0485. The van der Waals surface area contributed by atoms with Crippen LogP contribution >= 0.6 is 0 Å². The van der Waals surface area contributed by atoms with E-state index in [0.29, 0.717) is 10.9 Å². The van der Waals surface area contributed by atoms with Crippen molar-refractivity contribution in [3.05, 3.63) is 195 Å². The number of Topliss-reactive ketones (excluding diaryl/α,β-unsaturated/α-hetero) is 1. The molecule has 1 aromatic heterocycles. The van der Waals surface area contributed by atoms with Gasteiger partial charge < -0.3 is 9.84 Å². The molecule has 0 amide bonds. The number of aliphatic carboxylic acids is 1. The number of rotatable bonds is 10. The molecule has 1 heterocycles. The van der Waals surface area contributed by atoms with E-state index in [2.05, 4.69) is 0 Å². The van der Waals surface area contributed by atoms with Crippen LogP contribution in [-0.4, -0.2) is 35.6 Å². The number of aromatic nitrogens is 1. The summed E-state index contributed by atoms with van der Waals surface area (Å²) in [6, 6.07) is 8.88. The third-order valence-electron chi connectivity index (χ3n) is 12.3. The molecular weight excluding hydrogens is 1190 g/mol. The minimum Gasteiger partial charge on any atom is -0.479 e. The van der Waals surface area contributed by atoms with Gasteiger partial charge in [-0.05, 0) is 35.7 Å². The third kappa shape index (κ3) is 14.7. The van der Waals surface area contributed by atoms with Gasteiger partial charge in [-0.25, -0.2) is 9.59 Å². The first kappa shape index (κ1) is 63.9. The zero-order chi connectivity index (χ0) is 62.4. The van der Waals surface area contributed by atoms with Crippen molar-refractivity contribution in [2.24, 2.45) is 0 Å². The summed E-state index contributed by atoms with van der Waals surface area (Å²) < 4.78 is 347. The second-order valence-electron chi connectivity index (χ2n) is 17.9. The molecule has 0 radical (unpaired) electrons. The van der Waals surface area contributed by atoms with E-state index in [0.717, 1.165) is 5.39 Å². The van der Waals surface area contributed by atoms with Crippen LogP contribution in [0.25, 0.3) is 10.8 Å². The summed E-state index contributed by atoms with van der Waals surface area (Å²) in [6.07, 6.45) is -53.2. The third-order valence-corrected chi connectivity index (χ3v) is 12.3. The molecule has 0 saturated heterocycles. The summed E-state index contributed by atoms with van der Waals surface area (Å²) in [5, 5.41) is 10.1. The largest absolute Gasteiger partial charge is 0.479 e. The first-order valence-electron chi connectivity index (χ1n) is 22.6. The maximum absolute atomic E-state index is 14.2. The summed E-state index contributed by atoms with van der Waals surface area (Å²) >= 11 is 0. The van der Waals surface area contributed by atoms with E-state index in [1.807, 2.05) is 18.2 Å². The Morgan fingerprint density at radius 2 is 0.687 bits per heavy atom. The van der Waals surface area contributed by atoms with Crippen LogP contribution in [0.2, 0.25) is 0 Å². The van der Waals surface area contributed by atoms with Gasteiger partial charge in [-0.1, -0.05) is 97.1 Å². The van der Waals surface area contributed by atoms with Crippen molar-refractivity contribution in [2.75, 3.05) is 6.61 Å². The van der Waals surface area contributed by atoms with Crippen LogP contribution in [0.1, 0.15) is 65.4 Å². The maximum Gasteiger partial charge on any atom is 0.416 e. The van der Waals surface area contributed by atoms with Crippen molar-refractivity contribution in [1.82, 2.24) is 0 Å². The number of ketones is 1. The first-order valence-corrected chi connectivity index (χ1v) is 22.6. The zero-order valence-electron chi connectivity index (χ0n) is 40.4. The van der Waals surface area contributed by atoms with E-state index in [9.17, 15) is 120 Å². The van der Waals surface area contributed by atoms with Gasteiger partial charge in [0.25, 0.3) is 5.69 Å². The average molecular weight is 1210 g/mol. The molecular formula is C52H28BF24NO5. The summed E-state index contributed by atoms with van der Waals surface area (Å²) in [5.74, 6) is -2.20. The van der Waals surface area contributed by atoms with Crippen LogP contribution < -0.4 is 26.4 Å². The van der Waals surface area contributed by atoms with Crippen LogP contribution in [0, 0.1) is 0 Å². The average Bonchev–Trinajstić information content (AvgIpc) is 1.16. The number of esters is 1. The van der Waals surface area contributed by atoms with Gasteiger partial charge in [-0.15, -0.1) is 0 Å². The monoisotopic (exact) mass is 1210 g/mol. The second kappa shape index (κ2) is 22.5. The van der Waals surface area contributed by atoms with Crippen LogP contribution in [0.3, 0.4) is 0 Å². The van der Waals surface area contributed by atoms with Crippen LogP contribution in [0.4, 0.5) is 105 Å². The van der Waals surface area contributed by atoms with Crippen molar-refractivity contribution < 1.29 is 134 Å². The fraction of sp³-hybridized carbons (Fsp3) is 0.192. The minimum atomic E-state index is -6.13. The molecule has 83 heavy (non-hydrogen) atoms. The van der Waals surface area contributed by atoms with Crippen molar-refractivity contribution in [2.45, 2.75) is 56.0 Å². The lowest BCUT2D eigenvalue weighted by molar-refractivity contribution is -0.684. The Bertz CT molecular complexity index is 3140. The molecule has 0 aliphatic carbocycles. The van der Waals surface area contributed by atoms with Gasteiger partial charge in [0.1, 0.15) is 6.15 Å². The summed E-state index contributed by atoms with van der Waals surface area (Å²) in [4.78, 5) is 35.7. The number of carbonyl (C=O) groups is 3. The van der Waals surface area contributed by atoms with Crippen molar-refractivity contribution in [1.29, 1.82) is 0 Å². The maximum atomic E-state index is 14.2. The van der Waals surface area contributed by atoms with Crippen LogP contribution in [-0.2, 0) is 65.5 Å². The van der Waals surface area contributed by atoms with Gasteiger partial charge in [0.15, 0.2) is 12.8 Å². The molecule has 0 aliphatic rings. The van der Waals surface area contributed by atoms with Gasteiger partial charge >= 0.3 is 61.3 Å². The molecule has 6 aromatic carbocycles. The molecule has 0 saturated carbocycles. The van der Waals surface area contributed by atoms with Crippen LogP contribution in [0.15, 0.2) is 140 Å². The van der Waals surface area contributed by atoms with Crippen molar-refractivity contribution in [3.8, 4) is 0 Å². The Morgan fingerprint density at radius 3 is 0.976 bits per heavy atom. The topological polar surface area (TPSA) is 84.6 Å². The first-order chi connectivity index (χ1) is 37.8. The van der Waals surface area contributed by atoms with Crippen molar-refractivity contribution in [3.63, 3.8) is 0 Å². The van der Waals surface area contributed by atoms with E-state index in [1.165, 1.54) is 4.57 Å². The SMILES string of the molecule is FC(F)(F)c1cc([B-](c2cc(C(F)(F)F)cc(C(F)(F)F)c2)(c2cc(C(F)(F)F)cc(C(F)(F)F)c2)c2cc(C(F)(F)F)cc(C(F)(F)F)c2)cc(C(F)(F)F)c1.O=C(O)COC(=O)c1c2ccccc2cc[n+]1CC(=O)c1ccccc1. The standard InChI is InChI=1S/C32H12BF24.C20H15NO5/c34-25(35,36)13-1-14(26(37,38)39)6-21(5-13)33(22-7-15(27(40,41)42)2-16(8-22)28(43,44)45,23-9-17(29(46,47)48)3-18(10-23)30(49,50)51)24-11-19(31(52,53)54)4-20(12-24)32(55,56)57;22-17(15-7-2-1-3-8-15)12-21-11-10-14-6-4-5-9-16(14)19(21)20(25)26-13-18(23)24/h1-12H;1-11H,12-13H2/q-1;/p+1. The Hall–Kier alpha value is -8.28. The normalized spacial score (nSPS) is 13.1. The number of benzene rings is 6. The number of hydrogen-bond donors (Lipinski definition) is 1. The van der Waals surface area contributed by atoms with Gasteiger partial charge in [0.2, 0.25) is 12.3 Å². The molecule has 0 unspecified atom stereocenters. The van der Waals surface area contributed by atoms with Gasteiger partial charge in [-0.2, -0.15) is 132 Å². The highest BCUT2D eigenvalue weighted by Crippen LogP contribution is 2.41. The Labute approximate surface area is 448 Å². The molecule has 0 bridgehead atoms. The van der Waals surface area contributed by atoms with E-state index < -0.39 is 213 Å². The van der Waals surface area contributed by atoms with Gasteiger partial charge in [-0.3, -0.25) is 4.79 Å². The highest BCUT2D eigenvalue weighted by atomic mass is 19.4. The molecule has 442 valence electrons. The van der Waals surface area contributed by atoms with Crippen LogP contribution in [0.5, 0.6) is 0 Å². The lowest BCUT2D eigenvalue weighted by Gasteiger charge is -2.46. The number of hydrogen-bond acceptors (Lipinski definition) is 4. The van der Waals surface area contributed by atoms with Gasteiger partial charge in [0, 0.05) is 11.6 Å². The summed E-state index contributed by atoms with van der Waals surface area (Å²) in [6.45, 7) is -0.805. The predicted octanol–water partition coefficient (Wildman–Crippen LogP) is 13.5. The van der Waals surface area contributed by atoms with E-state index in [4.69, 9.17) is 9.84 Å². The number of nitrogens with zero attached hydrogens (tertiary/aromatic N) is 1. The number of carboxylic acid groups (broad SMARTS) is 1. The number of carboxylic acids is 1. The number of ether oxygens (including phenoxy) is 1. The predicted molar refractivity (Wildman–Crippen MR) is 243 cm³/mol. The Morgan fingerprint density at radius 1 is 0.398 bits per heavy atom. The molecule has 0 aliphatic heterocycles. The summed E-state index contributed by atoms with van der Waals surface area (Å²) in [5.41, 5.74) is -29.5. The van der Waals surface area contributed by atoms with E-state index in [-0.39, 0.29) is 18.0 Å². The fourth-order valence-electron chi connectivity index (χ4n) is 8.75. The zero-order valence-corrected chi connectivity index (χ0v) is 40.4. The molecule has 31 heteroatoms. The number of alkyl halides is 24.